The highest BCUT2D eigenvalue weighted by Crippen LogP contribution is 2.60. The maximum absolute atomic E-state index is 13.0. The molecule has 1 atom stereocenters. The second-order valence-electron chi connectivity index (χ2n) is 6.78. The SMILES string of the molecule is CC(C)COP(=O)(OCC(C)C)[C@@H](O)c1ccc(N(C)C)cc1. The fraction of sp³-hybridized carbons (Fsp3) is 0.647. The zero-order chi connectivity index (χ0) is 17.6. The van der Waals surface area contributed by atoms with Gasteiger partial charge in [-0.3, -0.25) is 4.57 Å². The molecule has 0 bridgehead atoms. The Morgan fingerprint density at radius 3 is 1.78 bits per heavy atom. The zero-order valence-electron chi connectivity index (χ0n) is 15.0. The number of aliphatic hydroxyl groups excluding tert-OH is 1. The van der Waals surface area contributed by atoms with Crippen molar-refractivity contribution in [2.24, 2.45) is 11.8 Å². The van der Waals surface area contributed by atoms with E-state index in [2.05, 4.69) is 0 Å². The Labute approximate surface area is 140 Å². The van der Waals surface area contributed by atoms with Crippen LogP contribution in [0.2, 0.25) is 0 Å². The lowest BCUT2D eigenvalue weighted by atomic mass is 10.2. The maximum atomic E-state index is 13.0. The lowest BCUT2D eigenvalue weighted by molar-refractivity contribution is 0.124. The van der Waals surface area contributed by atoms with Gasteiger partial charge in [-0.2, -0.15) is 0 Å². The molecule has 0 aromatic heterocycles. The molecular formula is C17H30NO4P. The van der Waals surface area contributed by atoms with Crippen LogP contribution in [-0.2, 0) is 13.6 Å². The van der Waals surface area contributed by atoms with E-state index in [1.54, 1.807) is 12.1 Å². The highest BCUT2D eigenvalue weighted by Gasteiger charge is 2.36. The molecule has 1 rings (SSSR count). The van der Waals surface area contributed by atoms with Gasteiger partial charge in [0.15, 0.2) is 5.85 Å². The summed E-state index contributed by atoms with van der Waals surface area (Å²) in [5.74, 6) is -0.875. The van der Waals surface area contributed by atoms with Crippen LogP contribution in [0.5, 0.6) is 0 Å². The molecule has 1 N–H and O–H groups in total. The van der Waals surface area contributed by atoms with Gasteiger partial charge in [0.2, 0.25) is 0 Å². The lowest BCUT2D eigenvalue weighted by Crippen LogP contribution is -2.12. The smallest absolute Gasteiger partial charge is 0.363 e. The Bertz CT molecular complexity index is 498. The number of hydrogen-bond donors (Lipinski definition) is 1. The molecule has 6 heteroatoms. The van der Waals surface area contributed by atoms with Crippen LogP contribution >= 0.6 is 7.60 Å². The first-order valence-corrected chi connectivity index (χ1v) is 9.61. The summed E-state index contributed by atoms with van der Waals surface area (Å²) in [6.07, 6.45) is 0. The van der Waals surface area contributed by atoms with Crippen molar-refractivity contribution in [3.63, 3.8) is 0 Å². The molecule has 0 fully saturated rings. The fourth-order valence-corrected chi connectivity index (χ4v) is 3.72. The van der Waals surface area contributed by atoms with Crippen molar-refractivity contribution in [1.82, 2.24) is 0 Å². The van der Waals surface area contributed by atoms with Crippen LogP contribution in [-0.4, -0.2) is 32.4 Å². The molecule has 23 heavy (non-hydrogen) atoms. The van der Waals surface area contributed by atoms with Crippen molar-refractivity contribution >= 4 is 13.3 Å². The Hall–Kier alpha value is -0.870. The van der Waals surface area contributed by atoms with Gasteiger partial charge >= 0.3 is 7.60 Å². The molecule has 0 heterocycles. The molecule has 1 aromatic rings. The monoisotopic (exact) mass is 343 g/mol. The molecular weight excluding hydrogens is 313 g/mol. The van der Waals surface area contributed by atoms with Crippen molar-refractivity contribution in [3.05, 3.63) is 29.8 Å². The molecule has 1 aromatic carbocycles. The molecule has 0 aliphatic rings. The van der Waals surface area contributed by atoms with Gasteiger partial charge in [-0.05, 0) is 29.5 Å². The van der Waals surface area contributed by atoms with Crippen LogP contribution in [0.15, 0.2) is 24.3 Å². The third kappa shape index (κ3) is 6.27. The Balaban J connectivity index is 2.96. The van der Waals surface area contributed by atoms with Crippen molar-refractivity contribution in [3.8, 4) is 0 Å². The van der Waals surface area contributed by atoms with Crippen LogP contribution in [0.4, 0.5) is 5.69 Å². The van der Waals surface area contributed by atoms with E-state index in [4.69, 9.17) is 9.05 Å². The van der Waals surface area contributed by atoms with Gasteiger partial charge in [0.1, 0.15) is 0 Å². The summed E-state index contributed by atoms with van der Waals surface area (Å²) in [5.41, 5.74) is 1.54. The highest BCUT2D eigenvalue weighted by atomic mass is 31.2. The van der Waals surface area contributed by atoms with Crippen LogP contribution in [0, 0.1) is 11.8 Å². The van der Waals surface area contributed by atoms with Gasteiger partial charge in [0.25, 0.3) is 0 Å². The molecule has 0 amide bonds. The van der Waals surface area contributed by atoms with Crippen LogP contribution in [0.25, 0.3) is 0 Å². The second-order valence-corrected chi connectivity index (χ2v) is 8.86. The summed E-state index contributed by atoms with van der Waals surface area (Å²) in [6, 6.07) is 7.25. The van der Waals surface area contributed by atoms with E-state index in [1.165, 1.54) is 0 Å². The number of aliphatic hydroxyl groups is 1. The van der Waals surface area contributed by atoms with Crippen molar-refractivity contribution in [2.75, 3.05) is 32.2 Å². The third-order valence-corrected chi connectivity index (χ3v) is 5.10. The van der Waals surface area contributed by atoms with E-state index in [9.17, 15) is 9.67 Å². The first-order valence-electron chi connectivity index (χ1n) is 8.00. The first kappa shape index (κ1) is 20.2. The average molecular weight is 343 g/mol. The number of anilines is 1. The second kappa shape index (κ2) is 8.84. The van der Waals surface area contributed by atoms with E-state index in [0.29, 0.717) is 5.56 Å². The molecule has 0 spiro atoms. The minimum atomic E-state index is -3.64. The average Bonchev–Trinajstić information content (AvgIpc) is 2.50. The number of nitrogens with zero attached hydrogens (tertiary/aromatic N) is 1. The predicted molar refractivity (Wildman–Crippen MR) is 94.9 cm³/mol. The molecule has 0 aliphatic carbocycles. The maximum Gasteiger partial charge on any atom is 0.363 e. The van der Waals surface area contributed by atoms with Crippen LogP contribution in [0.3, 0.4) is 0 Å². The van der Waals surface area contributed by atoms with Crippen LogP contribution < -0.4 is 4.90 Å². The van der Waals surface area contributed by atoms with Gasteiger partial charge in [0.05, 0.1) is 13.2 Å². The molecule has 0 saturated heterocycles. The van der Waals surface area contributed by atoms with Crippen molar-refractivity contribution in [1.29, 1.82) is 0 Å². The minimum Gasteiger partial charge on any atom is -0.378 e. The lowest BCUT2D eigenvalue weighted by Gasteiger charge is -2.25. The largest absolute Gasteiger partial charge is 0.378 e. The van der Waals surface area contributed by atoms with Gasteiger partial charge in [-0.1, -0.05) is 39.8 Å². The Morgan fingerprint density at radius 2 is 1.43 bits per heavy atom. The summed E-state index contributed by atoms with van der Waals surface area (Å²) in [6.45, 7) is 8.41. The fourth-order valence-electron chi connectivity index (χ4n) is 1.81. The summed E-state index contributed by atoms with van der Waals surface area (Å²) < 4.78 is 24.1. The van der Waals surface area contributed by atoms with Gasteiger partial charge in [0, 0.05) is 19.8 Å². The molecule has 5 nitrogen and oxygen atoms in total. The van der Waals surface area contributed by atoms with E-state index < -0.39 is 13.4 Å². The van der Waals surface area contributed by atoms with Crippen molar-refractivity contribution < 1.29 is 18.7 Å². The number of rotatable bonds is 9. The topological polar surface area (TPSA) is 59.0 Å². The molecule has 0 unspecified atom stereocenters. The number of benzene rings is 1. The summed E-state index contributed by atoms with van der Waals surface area (Å²) in [5, 5.41) is 10.6. The van der Waals surface area contributed by atoms with E-state index >= 15 is 0 Å². The van der Waals surface area contributed by atoms with Gasteiger partial charge < -0.3 is 19.1 Å². The summed E-state index contributed by atoms with van der Waals surface area (Å²) in [7, 11) is 0.240. The Kier molecular flexibility index (Phi) is 7.75. The van der Waals surface area contributed by atoms with E-state index in [-0.39, 0.29) is 25.0 Å². The summed E-state index contributed by atoms with van der Waals surface area (Å²) >= 11 is 0. The van der Waals surface area contributed by atoms with Crippen LogP contribution in [0.1, 0.15) is 39.1 Å². The summed E-state index contributed by atoms with van der Waals surface area (Å²) in [4.78, 5) is 1.96. The molecule has 0 radical (unpaired) electrons. The predicted octanol–water partition coefficient (Wildman–Crippen LogP) is 4.28. The third-order valence-electron chi connectivity index (χ3n) is 3.18. The van der Waals surface area contributed by atoms with Gasteiger partial charge in [-0.25, -0.2) is 0 Å². The first-order chi connectivity index (χ1) is 10.7. The normalized spacial score (nSPS) is 13.6. The van der Waals surface area contributed by atoms with Gasteiger partial charge in [-0.15, -0.1) is 0 Å². The molecule has 0 saturated carbocycles. The number of hydrogen-bond acceptors (Lipinski definition) is 5. The zero-order valence-corrected chi connectivity index (χ0v) is 15.9. The molecule has 0 aliphatic heterocycles. The quantitative estimate of drug-likeness (QED) is 0.678. The molecule has 132 valence electrons. The van der Waals surface area contributed by atoms with Crippen molar-refractivity contribution in [2.45, 2.75) is 33.5 Å². The highest BCUT2D eigenvalue weighted by molar-refractivity contribution is 7.54. The van der Waals surface area contributed by atoms with E-state index in [0.717, 1.165) is 5.69 Å². The Morgan fingerprint density at radius 1 is 1.00 bits per heavy atom. The minimum absolute atomic E-state index is 0.203. The standard InChI is InChI=1S/C17H30NO4P/c1-13(2)11-21-23(20,22-12-14(3)4)17(19)15-7-9-16(10-8-15)18(5)6/h7-10,13-14,17,19H,11-12H2,1-6H3/t17-/m1/s1. The van der Waals surface area contributed by atoms with E-state index in [1.807, 2.05) is 58.8 Å².